The Labute approximate surface area is 136 Å². The number of pyridine rings is 1. The normalized spacial score (nSPS) is 11.3. The van der Waals surface area contributed by atoms with Gasteiger partial charge in [-0.3, -0.25) is 14.1 Å². The molecule has 0 radical (unpaired) electrons. The number of hydrogen-bond donors (Lipinski definition) is 0. The van der Waals surface area contributed by atoms with Gasteiger partial charge in [-0.2, -0.15) is 0 Å². The molecule has 0 spiro atoms. The van der Waals surface area contributed by atoms with Gasteiger partial charge in [-0.15, -0.1) is 0 Å². The molecular weight excluding hydrogens is 286 g/mol. The van der Waals surface area contributed by atoms with E-state index in [0.717, 1.165) is 17.9 Å². The van der Waals surface area contributed by atoms with Crippen molar-refractivity contribution in [1.82, 2.24) is 14.3 Å². The summed E-state index contributed by atoms with van der Waals surface area (Å²) in [5.41, 5.74) is 4.90. The molecule has 0 N–H and O–H groups in total. The van der Waals surface area contributed by atoms with Gasteiger partial charge >= 0.3 is 0 Å². The van der Waals surface area contributed by atoms with Crippen molar-refractivity contribution in [2.24, 2.45) is 0 Å². The highest BCUT2D eigenvalue weighted by molar-refractivity contribution is 5.40. The zero-order valence-electron chi connectivity index (χ0n) is 13.8. The molecule has 0 saturated heterocycles. The summed E-state index contributed by atoms with van der Waals surface area (Å²) in [6.45, 7) is 5.48. The highest BCUT2D eigenvalue weighted by Crippen LogP contribution is 2.09. The molecule has 0 unspecified atom stereocenters. The van der Waals surface area contributed by atoms with Crippen molar-refractivity contribution in [2.75, 3.05) is 7.05 Å². The van der Waals surface area contributed by atoms with E-state index < -0.39 is 0 Å². The van der Waals surface area contributed by atoms with E-state index in [4.69, 9.17) is 0 Å². The Hall–Kier alpha value is -2.46. The minimum absolute atomic E-state index is 0.0214. The Balaban J connectivity index is 1.81. The van der Waals surface area contributed by atoms with Crippen molar-refractivity contribution in [3.8, 4) is 0 Å². The lowest BCUT2D eigenvalue weighted by atomic mass is 10.1. The topological polar surface area (TPSA) is 37.6 Å². The van der Waals surface area contributed by atoms with Crippen molar-refractivity contribution in [2.45, 2.75) is 26.9 Å². The van der Waals surface area contributed by atoms with E-state index in [1.807, 2.05) is 32.2 Å². The van der Waals surface area contributed by atoms with Crippen LogP contribution in [0.3, 0.4) is 0 Å². The van der Waals surface area contributed by atoms with Gasteiger partial charge < -0.3 is 0 Å². The fraction of sp³-hybridized carbons (Fsp3) is 0.263. The lowest BCUT2D eigenvalue weighted by molar-refractivity contribution is 0.315. The average molecular weight is 307 g/mol. The largest absolute Gasteiger partial charge is 0.296 e. The molecule has 0 aliphatic carbocycles. The minimum atomic E-state index is -0.0214. The molecule has 0 bridgehead atoms. The first-order valence-electron chi connectivity index (χ1n) is 7.75. The molecule has 0 amide bonds. The van der Waals surface area contributed by atoms with Gasteiger partial charge in [-0.05, 0) is 38.6 Å². The Kier molecular flexibility index (Phi) is 4.26. The fourth-order valence-corrected chi connectivity index (χ4v) is 2.78. The summed E-state index contributed by atoms with van der Waals surface area (Å²) < 4.78 is 1.64. The minimum Gasteiger partial charge on any atom is -0.296 e. The molecule has 3 rings (SSSR count). The van der Waals surface area contributed by atoms with Crippen LogP contribution in [-0.2, 0) is 13.1 Å². The Morgan fingerprint density at radius 1 is 1.04 bits per heavy atom. The van der Waals surface area contributed by atoms with Gasteiger partial charge in [-0.25, -0.2) is 4.98 Å². The van der Waals surface area contributed by atoms with Gasteiger partial charge in [0, 0.05) is 24.8 Å². The van der Waals surface area contributed by atoms with E-state index in [1.54, 1.807) is 10.5 Å². The van der Waals surface area contributed by atoms with Crippen LogP contribution in [0.25, 0.3) is 5.65 Å². The highest BCUT2D eigenvalue weighted by atomic mass is 16.1. The molecule has 118 valence electrons. The SMILES string of the molecule is Cc1ccc(CN(C)Cc2cc(=O)n3c(C)cccc3n2)cc1. The van der Waals surface area contributed by atoms with E-state index in [9.17, 15) is 4.79 Å². The number of fused-ring (bicyclic) bond motifs is 1. The maximum Gasteiger partial charge on any atom is 0.258 e. The molecule has 0 fully saturated rings. The second-order valence-corrected chi connectivity index (χ2v) is 6.10. The second kappa shape index (κ2) is 6.34. The molecule has 0 atom stereocenters. The molecule has 0 aliphatic rings. The molecule has 2 heterocycles. The molecule has 2 aromatic heterocycles. The first-order chi connectivity index (χ1) is 11.0. The Bertz CT molecular complexity index is 881. The predicted molar refractivity (Wildman–Crippen MR) is 92.5 cm³/mol. The number of aromatic nitrogens is 2. The lowest BCUT2D eigenvalue weighted by Crippen LogP contribution is -2.22. The smallest absolute Gasteiger partial charge is 0.258 e. The van der Waals surface area contributed by atoms with Crippen LogP contribution in [0.2, 0.25) is 0 Å². The number of rotatable bonds is 4. The van der Waals surface area contributed by atoms with Gasteiger partial charge in [-0.1, -0.05) is 35.9 Å². The van der Waals surface area contributed by atoms with Crippen molar-refractivity contribution in [3.63, 3.8) is 0 Å². The van der Waals surface area contributed by atoms with Gasteiger partial charge in [0.05, 0.1) is 5.69 Å². The first-order valence-corrected chi connectivity index (χ1v) is 7.75. The second-order valence-electron chi connectivity index (χ2n) is 6.10. The summed E-state index contributed by atoms with van der Waals surface area (Å²) >= 11 is 0. The van der Waals surface area contributed by atoms with Crippen molar-refractivity contribution in [3.05, 3.63) is 81.4 Å². The molecule has 4 nitrogen and oxygen atoms in total. The first kappa shape index (κ1) is 15.4. The van der Waals surface area contributed by atoms with Gasteiger partial charge in [0.1, 0.15) is 5.65 Å². The van der Waals surface area contributed by atoms with Crippen molar-refractivity contribution in [1.29, 1.82) is 0 Å². The Morgan fingerprint density at radius 2 is 1.78 bits per heavy atom. The summed E-state index contributed by atoms with van der Waals surface area (Å²) in [4.78, 5) is 19.1. The van der Waals surface area contributed by atoms with Crippen LogP contribution >= 0.6 is 0 Å². The maximum atomic E-state index is 12.3. The van der Waals surface area contributed by atoms with Crippen LogP contribution in [0.4, 0.5) is 0 Å². The lowest BCUT2D eigenvalue weighted by Gasteiger charge is -2.17. The predicted octanol–water partition coefficient (Wildman–Crippen LogP) is 2.94. The highest BCUT2D eigenvalue weighted by Gasteiger charge is 2.07. The third-order valence-electron chi connectivity index (χ3n) is 3.94. The third kappa shape index (κ3) is 3.48. The number of hydrogen-bond acceptors (Lipinski definition) is 3. The molecule has 0 aliphatic heterocycles. The number of nitrogens with zero attached hydrogens (tertiary/aromatic N) is 3. The summed E-state index contributed by atoms with van der Waals surface area (Å²) in [5.74, 6) is 0. The monoisotopic (exact) mass is 307 g/mol. The van der Waals surface area contributed by atoms with Crippen LogP contribution in [-0.4, -0.2) is 21.3 Å². The van der Waals surface area contributed by atoms with Gasteiger partial charge in [0.2, 0.25) is 0 Å². The van der Waals surface area contributed by atoms with Crippen LogP contribution in [0.15, 0.2) is 53.3 Å². The quantitative estimate of drug-likeness (QED) is 0.744. The summed E-state index contributed by atoms with van der Waals surface area (Å²) in [7, 11) is 2.04. The number of aryl methyl sites for hydroxylation is 2. The van der Waals surface area contributed by atoms with Crippen molar-refractivity contribution >= 4 is 5.65 Å². The Morgan fingerprint density at radius 3 is 2.52 bits per heavy atom. The third-order valence-corrected chi connectivity index (χ3v) is 3.94. The summed E-state index contributed by atoms with van der Waals surface area (Å²) in [6, 6.07) is 15.9. The van der Waals surface area contributed by atoms with E-state index in [1.165, 1.54) is 11.1 Å². The molecule has 23 heavy (non-hydrogen) atoms. The number of benzene rings is 1. The van der Waals surface area contributed by atoms with Crippen LogP contribution in [0.5, 0.6) is 0 Å². The van der Waals surface area contributed by atoms with Gasteiger partial charge in [0.25, 0.3) is 5.56 Å². The zero-order chi connectivity index (χ0) is 16.4. The van der Waals surface area contributed by atoms with Crippen molar-refractivity contribution < 1.29 is 0 Å². The fourth-order valence-electron chi connectivity index (χ4n) is 2.78. The maximum absolute atomic E-state index is 12.3. The molecule has 4 heteroatoms. The van der Waals surface area contributed by atoms with E-state index in [0.29, 0.717) is 12.2 Å². The standard InChI is InChI=1S/C19H21N3O/c1-14-7-9-16(10-8-14)12-21(3)13-17-11-19(23)22-15(2)5-4-6-18(22)20-17/h4-11H,12-13H2,1-3H3. The molecule has 3 aromatic rings. The van der Waals surface area contributed by atoms with Crippen LogP contribution < -0.4 is 5.56 Å². The van der Waals surface area contributed by atoms with E-state index >= 15 is 0 Å². The van der Waals surface area contributed by atoms with Crippen LogP contribution in [0, 0.1) is 13.8 Å². The summed E-state index contributed by atoms with van der Waals surface area (Å²) in [6.07, 6.45) is 0. The van der Waals surface area contributed by atoms with E-state index in [-0.39, 0.29) is 5.56 Å². The molecule has 0 saturated carbocycles. The zero-order valence-corrected chi connectivity index (χ0v) is 13.8. The van der Waals surface area contributed by atoms with E-state index in [2.05, 4.69) is 41.1 Å². The van der Waals surface area contributed by atoms with Crippen LogP contribution in [0.1, 0.15) is 22.5 Å². The average Bonchev–Trinajstić information content (AvgIpc) is 2.49. The summed E-state index contributed by atoms with van der Waals surface area (Å²) in [5, 5.41) is 0. The molecule has 1 aromatic carbocycles. The molecular formula is C19H21N3O. The van der Waals surface area contributed by atoms with Gasteiger partial charge in [0.15, 0.2) is 0 Å².